The molecule has 1 saturated carbocycles. The van der Waals surface area contributed by atoms with Gasteiger partial charge in [0.05, 0.1) is 8.68 Å². The molecule has 1 saturated heterocycles. The third kappa shape index (κ3) is 2.60. The molecule has 1 aromatic heterocycles. The van der Waals surface area contributed by atoms with Gasteiger partial charge in [-0.1, -0.05) is 12.8 Å². The predicted molar refractivity (Wildman–Crippen MR) is 85.6 cm³/mol. The normalized spacial score (nSPS) is 25.6. The van der Waals surface area contributed by atoms with Crippen molar-refractivity contribution in [2.75, 3.05) is 6.54 Å². The SMILES string of the molecule is Cc1sc(Br)cc1S(=O)(=O)N1CCCC1C1CCCC1. The molecule has 0 spiro atoms. The van der Waals surface area contributed by atoms with E-state index in [2.05, 4.69) is 15.9 Å². The van der Waals surface area contributed by atoms with E-state index in [4.69, 9.17) is 0 Å². The molecular formula is C14H20BrNO2S2. The highest BCUT2D eigenvalue weighted by molar-refractivity contribution is 9.11. The molecule has 3 nitrogen and oxygen atoms in total. The molecule has 0 radical (unpaired) electrons. The maximum Gasteiger partial charge on any atom is 0.244 e. The van der Waals surface area contributed by atoms with E-state index in [1.807, 2.05) is 6.92 Å². The summed E-state index contributed by atoms with van der Waals surface area (Å²) in [5, 5.41) is 0. The van der Waals surface area contributed by atoms with Crippen LogP contribution in [0.4, 0.5) is 0 Å². The van der Waals surface area contributed by atoms with Gasteiger partial charge >= 0.3 is 0 Å². The van der Waals surface area contributed by atoms with Gasteiger partial charge in [0, 0.05) is 17.5 Å². The number of thiophene rings is 1. The third-order valence-electron chi connectivity index (χ3n) is 4.62. The van der Waals surface area contributed by atoms with Crippen LogP contribution in [0.3, 0.4) is 0 Å². The lowest BCUT2D eigenvalue weighted by Crippen LogP contribution is -2.39. The highest BCUT2D eigenvalue weighted by Crippen LogP contribution is 2.40. The predicted octanol–water partition coefficient (Wildman–Crippen LogP) is 4.16. The standard InChI is InChI=1S/C14H20BrNO2S2/c1-10-13(9-14(15)19-10)20(17,18)16-8-4-7-12(16)11-5-2-3-6-11/h9,11-12H,2-8H2,1H3. The van der Waals surface area contributed by atoms with Crippen LogP contribution in [0, 0.1) is 12.8 Å². The van der Waals surface area contributed by atoms with Gasteiger partial charge in [-0.25, -0.2) is 8.42 Å². The second kappa shape index (κ2) is 5.71. The highest BCUT2D eigenvalue weighted by atomic mass is 79.9. The maximum absolute atomic E-state index is 12.9. The molecule has 0 aromatic carbocycles. The van der Waals surface area contributed by atoms with Gasteiger partial charge in [-0.3, -0.25) is 0 Å². The molecule has 1 aliphatic carbocycles. The van der Waals surface area contributed by atoms with Gasteiger partial charge in [0.15, 0.2) is 0 Å². The molecule has 1 aliphatic heterocycles. The van der Waals surface area contributed by atoms with E-state index in [1.54, 1.807) is 10.4 Å². The van der Waals surface area contributed by atoms with Crippen LogP contribution < -0.4 is 0 Å². The number of hydrogen-bond donors (Lipinski definition) is 0. The first kappa shape index (κ1) is 15.0. The molecule has 0 amide bonds. The first-order chi connectivity index (χ1) is 9.50. The van der Waals surface area contributed by atoms with Crippen LogP contribution in [0.5, 0.6) is 0 Å². The zero-order valence-electron chi connectivity index (χ0n) is 11.6. The van der Waals surface area contributed by atoms with Crippen LogP contribution in [-0.4, -0.2) is 25.3 Å². The first-order valence-electron chi connectivity index (χ1n) is 7.28. The summed E-state index contributed by atoms with van der Waals surface area (Å²) in [5.74, 6) is 0.578. The van der Waals surface area contributed by atoms with Gasteiger partial charge in [-0.2, -0.15) is 4.31 Å². The Bertz CT molecular complexity index is 590. The maximum atomic E-state index is 12.9. The summed E-state index contributed by atoms with van der Waals surface area (Å²) in [5.41, 5.74) is 0. The Balaban J connectivity index is 1.91. The average molecular weight is 378 g/mol. The van der Waals surface area contributed by atoms with E-state index in [0.717, 1.165) is 21.5 Å². The minimum Gasteiger partial charge on any atom is -0.207 e. The minimum atomic E-state index is -3.32. The first-order valence-corrected chi connectivity index (χ1v) is 10.3. The van der Waals surface area contributed by atoms with E-state index in [1.165, 1.54) is 37.0 Å². The quantitative estimate of drug-likeness (QED) is 0.792. The fourth-order valence-corrected chi connectivity index (χ4v) is 7.83. The minimum absolute atomic E-state index is 0.237. The molecule has 3 rings (SSSR count). The van der Waals surface area contributed by atoms with Gasteiger partial charge < -0.3 is 0 Å². The average Bonchev–Trinajstić information content (AvgIpc) is 3.06. The lowest BCUT2D eigenvalue weighted by atomic mass is 9.97. The van der Waals surface area contributed by atoms with Gasteiger partial charge in [0.2, 0.25) is 10.0 Å². The van der Waals surface area contributed by atoms with Crippen molar-refractivity contribution in [2.24, 2.45) is 5.92 Å². The van der Waals surface area contributed by atoms with Gasteiger partial charge in [-0.15, -0.1) is 11.3 Å². The number of sulfonamides is 1. The molecule has 1 aromatic rings. The van der Waals surface area contributed by atoms with Crippen LogP contribution in [0.25, 0.3) is 0 Å². The summed E-state index contributed by atoms with van der Waals surface area (Å²) in [7, 11) is -3.32. The number of nitrogens with zero attached hydrogens (tertiary/aromatic N) is 1. The topological polar surface area (TPSA) is 37.4 Å². The molecule has 2 heterocycles. The van der Waals surface area contributed by atoms with Crippen molar-refractivity contribution >= 4 is 37.3 Å². The highest BCUT2D eigenvalue weighted by Gasteiger charge is 2.41. The molecule has 1 atom stereocenters. The third-order valence-corrected chi connectivity index (χ3v) is 8.35. The summed E-state index contributed by atoms with van der Waals surface area (Å²) in [6.45, 7) is 2.58. The summed E-state index contributed by atoms with van der Waals surface area (Å²) in [6.07, 6.45) is 6.96. The molecule has 112 valence electrons. The lowest BCUT2D eigenvalue weighted by Gasteiger charge is -2.28. The number of rotatable bonds is 3. The fourth-order valence-electron chi connectivity index (χ4n) is 3.69. The molecule has 1 unspecified atom stereocenters. The molecule has 2 fully saturated rings. The van der Waals surface area contributed by atoms with Crippen molar-refractivity contribution in [1.82, 2.24) is 4.31 Å². The van der Waals surface area contributed by atoms with E-state index in [-0.39, 0.29) is 6.04 Å². The largest absolute Gasteiger partial charge is 0.244 e. The Morgan fingerprint density at radius 2 is 1.95 bits per heavy atom. The van der Waals surface area contributed by atoms with Crippen molar-refractivity contribution < 1.29 is 8.42 Å². The summed E-state index contributed by atoms with van der Waals surface area (Å²) < 4.78 is 28.6. The molecule has 20 heavy (non-hydrogen) atoms. The molecule has 6 heteroatoms. The van der Waals surface area contributed by atoms with Gasteiger partial charge in [0.25, 0.3) is 0 Å². The van der Waals surface area contributed by atoms with Crippen LogP contribution in [-0.2, 0) is 10.0 Å². The van der Waals surface area contributed by atoms with Crippen molar-refractivity contribution in [2.45, 2.75) is 56.4 Å². The molecular weight excluding hydrogens is 358 g/mol. The van der Waals surface area contributed by atoms with E-state index in [0.29, 0.717) is 17.4 Å². The molecule has 0 N–H and O–H groups in total. The van der Waals surface area contributed by atoms with Crippen LogP contribution in [0.15, 0.2) is 14.7 Å². The summed E-state index contributed by atoms with van der Waals surface area (Å²) >= 11 is 4.90. The van der Waals surface area contributed by atoms with Gasteiger partial charge in [0.1, 0.15) is 0 Å². The molecule has 0 bridgehead atoms. The Hall–Kier alpha value is 0.0900. The van der Waals surface area contributed by atoms with E-state index in [9.17, 15) is 8.42 Å². The van der Waals surface area contributed by atoms with Crippen LogP contribution in [0.2, 0.25) is 0 Å². The monoisotopic (exact) mass is 377 g/mol. The van der Waals surface area contributed by atoms with Gasteiger partial charge in [-0.05, 0) is 60.5 Å². The Morgan fingerprint density at radius 1 is 1.25 bits per heavy atom. The zero-order chi connectivity index (χ0) is 14.3. The number of halogens is 1. The second-order valence-electron chi connectivity index (χ2n) is 5.84. The summed E-state index contributed by atoms with van der Waals surface area (Å²) in [6, 6.07) is 2.00. The van der Waals surface area contributed by atoms with Crippen LogP contribution in [0.1, 0.15) is 43.4 Å². The van der Waals surface area contributed by atoms with Crippen molar-refractivity contribution in [1.29, 1.82) is 0 Å². The van der Waals surface area contributed by atoms with E-state index >= 15 is 0 Å². The fraction of sp³-hybridized carbons (Fsp3) is 0.714. The summed E-state index contributed by atoms with van der Waals surface area (Å²) in [4.78, 5) is 1.38. The van der Waals surface area contributed by atoms with Crippen LogP contribution >= 0.6 is 27.3 Å². The van der Waals surface area contributed by atoms with E-state index < -0.39 is 10.0 Å². The Labute approximate surface area is 133 Å². The second-order valence-corrected chi connectivity index (χ2v) is 10.3. The molecule has 2 aliphatic rings. The number of hydrogen-bond acceptors (Lipinski definition) is 3. The Kier molecular flexibility index (Phi) is 4.28. The van der Waals surface area contributed by atoms with Crippen molar-refractivity contribution in [3.8, 4) is 0 Å². The smallest absolute Gasteiger partial charge is 0.207 e. The van der Waals surface area contributed by atoms with Crippen molar-refractivity contribution in [3.05, 3.63) is 14.7 Å². The number of aryl methyl sites for hydroxylation is 1. The zero-order valence-corrected chi connectivity index (χ0v) is 14.9. The Morgan fingerprint density at radius 3 is 2.55 bits per heavy atom. The van der Waals surface area contributed by atoms with Crippen molar-refractivity contribution in [3.63, 3.8) is 0 Å². The lowest BCUT2D eigenvalue weighted by molar-refractivity contribution is 0.288.